The molecule has 0 amide bonds. The van der Waals surface area contributed by atoms with Crippen molar-refractivity contribution in [1.29, 1.82) is 0 Å². The first kappa shape index (κ1) is 11.3. The molecule has 1 aliphatic rings. The van der Waals surface area contributed by atoms with Gasteiger partial charge in [-0.2, -0.15) is 11.8 Å². The maximum atomic E-state index is 5.55. The molecule has 0 bridgehead atoms. The number of nitrogens with zero attached hydrogens (tertiary/aromatic N) is 1. The molecule has 1 heterocycles. The van der Waals surface area contributed by atoms with E-state index in [-0.39, 0.29) is 0 Å². The van der Waals surface area contributed by atoms with Crippen molar-refractivity contribution in [3.8, 4) is 0 Å². The van der Waals surface area contributed by atoms with Gasteiger partial charge in [-0.3, -0.25) is 0 Å². The normalized spacial score (nSPS) is 20.8. The van der Waals surface area contributed by atoms with Crippen molar-refractivity contribution in [1.82, 2.24) is 4.90 Å². The Labute approximate surface area is 86.2 Å². The van der Waals surface area contributed by atoms with Crippen molar-refractivity contribution in [2.45, 2.75) is 19.8 Å². The maximum absolute atomic E-state index is 5.55. The first-order valence-electron chi connectivity index (χ1n) is 5.33. The fourth-order valence-corrected chi connectivity index (χ4v) is 2.64. The molecule has 2 N–H and O–H groups in total. The van der Waals surface area contributed by atoms with Gasteiger partial charge in [0.05, 0.1) is 0 Å². The smallest absolute Gasteiger partial charge is 0.00723 e. The second kappa shape index (κ2) is 6.68. The van der Waals surface area contributed by atoms with E-state index in [1.807, 2.05) is 0 Å². The number of hydrogen-bond donors (Lipinski definition) is 1. The van der Waals surface area contributed by atoms with E-state index < -0.39 is 0 Å². The lowest BCUT2D eigenvalue weighted by Gasteiger charge is -2.14. The van der Waals surface area contributed by atoms with Crippen LogP contribution in [-0.2, 0) is 0 Å². The Morgan fingerprint density at radius 1 is 1.38 bits per heavy atom. The molecule has 1 fully saturated rings. The third-order valence-corrected chi connectivity index (χ3v) is 3.83. The first-order valence-corrected chi connectivity index (χ1v) is 6.48. The minimum atomic E-state index is 0.684. The lowest BCUT2D eigenvalue weighted by molar-refractivity contribution is 0.362. The van der Waals surface area contributed by atoms with Crippen LogP contribution in [0.2, 0.25) is 0 Å². The van der Waals surface area contributed by atoms with Gasteiger partial charge in [-0.15, -0.1) is 0 Å². The summed E-state index contributed by atoms with van der Waals surface area (Å²) in [6.45, 7) is 6.99. The van der Waals surface area contributed by atoms with E-state index in [1.165, 1.54) is 44.0 Å². The van der Waals surface area contributed by atoms with Crippen LogP contribution in [0.1, 0.15) is 19.8 Å². The van der Waals surface area contributed by atoms with Crippen molar-refractivity contribution < 1.29 is 0 Å². The summed E-state index contributed by atoms with van der Waals surface area (Å²) >= 11 is 2.05. The molecule has 0 aliphatic carbocycles. The molecule has 1 saturated heterocycles. The van der Waals surface area contributed by atoms with Crippen LogP contribution >= 0.6 is 11.8 Å². The van der Waals surface area contributed by atoms with Crippen LogP contribution < -0.4 is 5.73 Å². The van der Waals surface area contributed by atoms with Crippen molar-refractivity contribution >= 4 is 11.8 Å². The van der Waals surface area contributed by atoms with Gasteiger partial charge in [0.25, 0.3) is 0 Å². The minimum absolute atomic E-state index is 0.684. The van der Waals surface area contributed by atoms with Gasteiger partial charge in [0.1, 0.15) is 0 Å². The van der Waals surface area contributed by atoms with E-state index in [9.17, 15) is 0 Å². The van der Waals surface area contributed by atoms with Crippen LogP contribution in [0.3, 0.4) is 0 Å². The Balaban J connectivity index is 1.88. The molecule has 2 nitrogen and oxygen atoms in total. The molecule has 78 valence electrons. The van der Waals surface area contributed by atoms with Crippen molar-refractivity contribution in [3.63, 3.8) is 0 Å². The average Bonchev–Trinajstić information content (AvgIpc) is 2.64. The number of nitrogens with two attached hydrogens (primary N) is 1. The Bertz CT molecular complexity index is 124. The molecule has 1 rings (SSSR count). The monoisotopic (exact) mass is 202 g/mol. The highest BCUT2D eigenvalue weighted by molar-refractivity contribution is 7.99. The summed E-state index contributed by atoms with van der Waals surface area (Å²) in [5.41, 5.74) is 5.55. The van der Waals surface area contributed by atoms with Gasteiger partial charge in [-0.25, -0.2) is 0 Å². The highest BCUT2D eigenvalue weighted by Gasteiger charge is 2.10. The summed E-state index contributed by atoms with van der Waals surface area (Å²) in [5.74, 6) is 3.19. The van der Waals surface area contributed by atoms with Crippen molar-refractivity contribution in [2.75, 3.05) is 37.7 Å². The molecular formula is C10H22N2S. The Hall–Kier alpha value is 0.270. The fourth-order valence-electron chi connectivity index (χ4n) is 1.55. The Morgan fingerprint density at radius 3 is 2.69 bits per heavy atom. The van der Waals surface area contributed by atoms with E-state index in [0.717, 1.165) is 6.54 Å². The van der Waals surface area contributed by atoms with Crippen LogP contribution in [0.15, 0.2) is 0 Å². The van der Waals surface area contributed by atoms with Crippen LogP contribution in [0.25, 0.3) is 0 Å². The highest BCUT2D eigenvalue weighted by Crippen LogP contribution is 2.11. The van der Waals surface area contributed by atoms with Crippen LogP contribution in [0.4, 0.5) is 0 Å². The second-order valence-corrected chi connectivity index (χ2v) is 5.11. The zero-order valence-corrected chi connectivity index (χ0v) is 9.48. The minimum Gasteiger partial charge on any atom is -0.330 e. The predicted octanol–water partition coefficient (Wildman–Crippen LogP) is 1.41. The average molecular weight is 202 g/mol. The molecule has 0 aromatic carbocycles. The topological polar surface area (TPSA) is 29.3 Å². The van der Waals surface area contributed by atoms with Crippen LogP contribution in [0.5, 0.6) is 0 Å². The summed E-state index contributed by atoms with van der Waals surface area (Å²) in [6, 6.07) is 0. The molecule has 1 atom stereocenters. The molecule has 0 saturated carbocycles. The van der Waals surface area contributed by atoms with Gasteiger partial charge in [-0.1, -0.05) is 6.92 Å². The van der Waals surface area contributed by atoms with E-state index in [2.05, 4.69) is 23.6 Å². The van der Waals surface area contributed by atoms with Gasteiger partial charge in [0, 0.05) is 12.3 Å². The van der Waals surface area contributed by atoms with Gasteiger partial charge in [-0.05, 0) is 44.1 Å². The molecule has 0 radical (unpaired) electrons. The third kappa shape index (κ3) is 4.89. The third-order valence-electron chi connectivity index (χ3n) is 2.56. The van der Waals surface area contributed by atoms with Gasteiger partial charge >= 0.3 is 0 Å². The lowest BCUT2D eigenvalue weighted by Crippen LogP contribution is -2.22. The van der Waals surface area contributed by atoms with Gasteiger partial charge in [0.15, 0.2) is 0 Å². The second-order valence-electron chi connectivity index (χ2n) is 3.96. The zero-order valence-electron chi connectivity index (χ0n) is 8.67. The SMILES string of the molecule is CC(CN)CSCCN1CCCC1. The molecular weight excluding hydrogens is 180 g/mol. The van der Waals surface area contributed by atoms with Gasteiger partial charge < -0.3 is 10.6 Å². The van der Waals surface area contributed by atoms with E-state index in [1.54, 1.807) is 0 Å². The Kier molecular flexibility index (Phi) is 5.83. The largest absolute Gasteiger partial charge is 0.330 e. The molecule has 0 aromatic rings. The van der Waals surface area contributed by atoms with E-state index in [0.29, 0.717) is 5.92 Å². The van der Waals surface area contributed by atoms with Crippen LogP contribution in [0, 0.1) is 5.92 Å². The fraction of sp³-hybridized carbons (Fsp3) is 1.00. The standard InChI is InChI=1S/C10H22N2S/c1-10(8-11)9-13-7-6-12-4-2-3-5-12/h10H,2-9,11H2,1H3. The van der Waals surface area contributed by atoms with E-state index >= 15 is 0 Å². The number of hydrogen-bond acceptors (Lipinski definition) is 3. The van der Waals surface area contributed by atoms with Crippen LogP contribution in [-0.4, -0.2) is 42.6 Å². The molecule has 0 aromatic heterocycles. The molecule has 1 unspecified atom stereocenters. The molecule has 0 spiro atoms. The number of likely N-dealkylation sites (tertiary alicyclic amines) is 1. The maximum Gasteiger partial charge on any atom is 0.00723 e. The predicted molar refractivity (Wildman–Crippen MR) is 61.2 cm³/mol. The van der Waals surface area contributed by atoms with Crippen molar-refractivity contribution in [3.05, 3.63) is 0 Å². The number of rotatable bonds is 6. The highest BCUT2D eigenvalue weighted by atomic mass is 32.2. The summed E-state index contributed by atoms with van der Waals surface area (Å²) in [4.78, 5) is 2.57. The van der Waals surface area contributed by atoms with E-state index in [4.69, 9.17) is 5.73 Å². The van der Waals surface area contributed by atoms with Gasteiger partial charge in [0.2, 0.25) is 0 Å². The summed E-state index contributed by atoms with van der Waals surface area (Å²) in [5, 5.41) is 0. The first-order chi connectivity index (χ1) is 6.33. The van der Waals surface area contributed by atoms with Crippen molar-refractivity contribution in [2.24, 2.45) is 11.7 Å². The lowest BCUT2D eigenvalue weighted by atomic mass is 10.2. The summed E-state index contributed by atoms with van der Waals surface area (Å²) < 4.78 is 0. The number of thioether (sulfide) groups is 1. The quantitative estimate of drug-likeness (QED) is 0.660. The molecule has 3 heteroatoms. The summed E-state index contributed by atoms with van der Waals surface area (Å²) in [6.07, 6.45) is 2.81. The molecule has 1 aliphatic heterocycles. The Morgan fingerprint density at radius 2 is 2.08 bits per heavy atom. The summed E-state index contributed by atoms with van der Waals surface area (Å²) in [7, 11) is 0. The zero-order chi connectivity index (χ0) is 9.52. The molecule has 13 heavy (non-hydrogen) atoms.